The summed E-state index contributed by atoms with van der Waals surface area (Å²) in [5.74, 6) is -0.558. The topological polar surface area (TPSA) is 70.9 Å². The van der Waals surface area contributed by atoms with Crippen LogP contribution in [0.15, 0.2) is 29.2 Å². The summed E-state index contributed by atoms with van der Waals surface area (Å²) in [6.45, 7) is 4.96. The number of hydrogen-bond donors (Lipinski definition) is 2. The van der Waals surface area contributed by atoms with Crippen LogP contribution < -0.4 is 10.2 Å². The van der Waals surface area contributed by atoms with Crippen LogP contribution in [0.2, 0.25) is 0 Å². The molecule has 1 aliphatic rings. The van der Waals surface area contributed by atoms with Crippen molar-refractivity contribution in [2.24, 2.45) is 0 Å². The zero-order valence-corrected chi connectivity index (χ0v) is 15.4. The Kier molecular flexibility index (Phi) is 7.34. The van der Waals surface area contributed by atoms with Gasteiger partial charge in [0.1, 0.15) is 5.82 Å². The molecule has 1 heterocycles. The molecule has 1 aromatic carbocycles. The van der Waals surface area contributed by atoms with Crippen LogP contribution >= 0.6 is 0 Å². The van der Waals surface area contributed by atoms with Crippen LogP contribution in [0.3, 0.4) is 0 Å². The van der Waals surface area contributed by atoms with Gasteiger partial charge >= 0.3 is 0 Å². The van der Waals surface area contributed by atoms with E-state index in [-0.39, 0.29) is 10.8 Å². The van der Waals surface area contributed by atoms with E-state index in [2.05, 4.69) is 12.2 Å². The third-order valence-corrected chi connectivity index (χ3v) is 6.27. The first-order chi connectivity index (χ1) is 11.9. The second kappa shape index (κ2) is 9.26. The Balaban J connectivity index is 1.82. The van der Waals surface area contributed by atoms with Crippen molar-refractivity contribution in [3.05, 3.63) is 30.1 Å². The minimum atomic E-state index is -3.68. The van der Waals surface area contributed by atoms with E-state index < -0.39 is 15.8 Å². The number of piperazine rings is 1. The molecule has 1 saturated heterocycles. The highest BCUT2D eigenvalue weighted by Crippen LogP contribution is 2.16. The normalized spacial score (nSPS) is 16.7. The van der Waals surface area contributed by atoms with Crippen molar-refractivity contribution in [1.29, 1.82) is 0 Å². The zero-order valence-electron chi connectivity index (χ0n) is 14.6. The van der Waals surface area contributed by atoms with Gasteiger partial charge in [0.25, 0.3) is 5.91 Å². The van der Waals surface area contributed by atoms with Crippen molar-refractivity contribution >= 4 is 15.9 Å². The predicted octanol–water partition coefficient (Wildman–Crippen LogP) is 0.0213. The van der Waals surface area contributed by atoms with E-state index in [4.69, 9.17) is 0 Å². The van der Waals surface area contributed by atoms with Gasteiger partial charge in [0, 0.05) is 6.54 Å². The molecule has 2 N–H and O–H groups in total. The van der Waals surface area contributed by atoms with Gasteiger partial charge in [-0.15, -0.1) is 0 Å². The number of nitrogens with one attached hydrogen (secondary N) is 2. The predicted molar refractivity (Wildman–Crippen MR) is 93.3 cm³/mol. The largest absolute Gasteiger partial charge is 0.351 e. The fourth-order valence-electron chi connectivity index (χ4n) is 2.89. The van der Waals surface area contributed by atoms with Gasteiger partial charge in [-0.2, -0.15) is 4.31 Å². The fraction of sp³-hybridized carbons (Fsp3) is 0.588. The maximum atomic E-state index is 13.3. The van der Waals surface area contributed by atoms with Crippen LogP contribution in [0, 0.1) is 5.82 Å². The molecular formula is C17H27FN3O3S+. The Labute approximate surface area is 149 Å². The lowest BCUT2D eigenvalue weighted by molar-refractivity contribution is -0.895. The average Bonchev–Trinajstić information content (AvgIpc) is 2.59. The monoisotopic (exact) mass is 372 g/mol. The van der Waals surface area contributed by atoms with E-state index in [1.807, 2.05) is 0 Å². The molecular weight excluding hydrogens is 345 g/mol. The third-order valence-electron chi connectivity index (χ3n) is 4.38. The van der Waals surface area contributed by atoms with E-state index in [1.165, 1.54) is 22.5 Å². The quantitative estimate of drug-likeness (QED) is 0.632. The minimum Gasteiger partial charge on any atom is -0.351 e. The van der Waals surface area contributed by atoms with Gasteiger partial charge in [0.15, 0.2) is 6.54 Å². The number of nitrogens with zero attached hydrogens (tertiary/aromatic N) is 1. The fourth-order valence-corrected chi connectivity index (χ4v) is 4.36. The minimum absolute atomic E-state index is 0.00698. The van der Waals surface area contributed by atoms with Gasteiger partial charge in [-0.25, -0.2) is 12.8 Å². The van der Waals surface area contributed by atoms with Crippen molar-refractivity contribution in [3.8, 4) is 0 Å². The van der Waals surface area contributed by atoms with Crippen molar-refractivity contribution < 1.29 is 22.5 Å². The molecule has 0 unspecified atom stereocenters. The van der Waals surface area contributed by atoms with Crippen LogP contribution in [0.4, 0.5) is 4.39 Å². The van der Waals surface area contributed by atoms with Gasteiger partial charge in [0.2, 0.25) is 10.0 Å². The number of amides is 1. The number of carbonyl (C=O) groups excluding carboxylic acids is 1. The lowest BCUT2D eigenvalue weighted by Crippen LogP contribution is -3.15. The summed E-state index contributed by atoms with van der Waals surface area (Å²) in [7, 11) is -3.68. The molecule has 1 amide bonds. The number of hydrogen-bond acceptors (Lipinski definition) is 3. The molecule has 1 aliphatic heterocycles. The number of unbranched alkanes of at least 4 members (excludes halogenated alkanes) is 2. The summed E-state index contributed by atoms with van der Waals surface area (Å²) in [6.07, 6.45) is 3.20. The lowest BCUT2D eigenvalue weighted by Gasteiger charge is -2.31. The number of rotatable bonds is 8. The smallest absolute Gasteiger partial charge is 0.275 e. The Morgan fingerprint density at radius 3 is 2.64 bits per heavy atom. The van der Waals surface area contributed by atoms with Gasteiger partial charge in [-0.3, -0.25) is 4.79 Å². The van der Waals surface area contributed by atoms with Crippen LogP contribution in [-0.4, -0.2) is 57.9 Å². The average molecular weight is 372 g/mol. The molecule has 0 aliphatic carbocycles. The standard InChI is InChI=1S/C17H26FN3O3S/c1-2-3-4-8-19-17(22)14-20-9-11-21(12-10-20)25(23,24)16-7-5-6-15(18)13-16/h5-7,13H,2-4,8-12,14H2,1H3,(H,19,22)/p+1. The molecule has 6 nitrogen and oxygen atoms in total. The summed E-state index contributed by atoms with van der Waals surface area (Å²) in [5, 5.41) is 2.91. The molecule has 0 aromatic heterocycles. The Hall–Kier alpha value is -1.51. The van der Waals surface area contributed by atoms with E-state index in [1.54, 1.807) is 0 Å². The molecule has 0 spiro atoms. The van der Waals surface area contributed by atoms with Crippen molar-refractivity contribution in [3.63, 3.8) is 0 Å². The van der Waals surface area contributed by atoms with Gasteiger partial charge in [0.05, 0.1) is 31.1 Å². The summed E-state index contributed by atoms with van der Waals surface area (Å²) < 4.78 is 39.7. The molecule has 0 atom stereocenters. The number of carbonyl (C=O) groups is 1. The molecule has 140 valence electrons. The number of sulfonamides is 1. The summed E-state index contributed by atoms with van der Waals surface area (Å²) in [4.78, 5) is 13.0. The van der Waals surface area contributed by atoms with Crippen molar-refractivity contribution in [1.82, 2.24) is 9.62 Å². The zero-order chi connectivity index (χ0) is 18.3. The summed E-state index contributed by atoms with van der Waals surface area (Å²) in [6, 6.07) is 5.06. The molecule has 0 saturated carbocycles. The lowest BCUT2D eigenvalue weighted by atomic mass is 10.2. The number of benzene rings is 1. The molecule has 1 fully saturated rings. The molecule has 0 radical (unpaired) electrons. The van der Waals surface area contributed by atoms with E-state index in [9.17, 15) is 17.6 Å². The van der Waals surface area contributed by atoms with Crippen molar-refractivity contribution in [2.45, 2.75) is 31.1 Å². The number of halogens is 1. The molecule has 2 rings (SSSR count). The van der Waals surface area contributed by atoms with Gasteiger partial charge in [-0.1, -0.05) is 25.8 Å². The highest BCUT2D eigenvalue weighted by molar-refractivity contribution is 7.89. The van der Waals surface area contributed by atoms with Crippen LogP contribution in [0.1, 0.15) is 26.2 Å². The maximum Gasteiger partial charge on any atom is 0.275 e. The summed E-state index contributed by atoms with van der Waals surface area (Å²) in [5.41, 5.74) is 0. The van der Waals surface area contributed by atoms with Crippen LogP contribution in [0.5, 0.6) is 0 Å². The van der Waals surface area contributed by atoms with Gasteiger partial charge < -0.3 is 10.2 Å². The van der Waals surface area contributed by atoms with Gasteiger partial charge in [-0.05, 0) is 24.6 Å². The highest BCUT2D eigenvalue weighted by Gasteiger charge is 2.31. The van der Waals surface area contributed by atoms with E-state index in [0.29, 0.717) is 39.3 Å². The first-order valence-electron chi connectivity index (χ1n) is 8.79. The Bertz CT molecular complexity index is 673. The molecule has 8 heteroatoms. The Morgan fingerprint density at radius 2 is 2.00 bits per heavy atom. The maximum absolute atomic E-state index is 13.3. The second-order valence-corrected chi connectivity index (χ2v) is 8.28. The highest BCUT2D eigenvalue weighted by atomic mass is 32.2. The van der Waals surface area contributed by atoms with Crippen LogP contribution in [0.25, 0.3) is 0 Å². The molecule has 25 heavy (non-hydrogen) atoms. The Morgan fingerprint density at radius 1 is 1.28 bits per heavy atom. The van der Waals surface area contributed by atoms with Crippen LogP contribution in [-0.2, 0) is 14.8 Å². The second-order valence-electron chi connectivity index (χ2n) is 6.35. The third kappa shape index (κ3) is 5.76. The molecule has 1 aromatic rings. The number of quaternary nitrogens is 1. The SMILES string of the molecule is CCCCCNC(=O)C[NH+]1CCN(S(=O)(=O)c2cccc(F)c2)CC1. The van der Waals surface area contributed by atoms with E-state index >= 15 is 0 Å². The molecule has 0 bridgehead atoms. The first kappa shape index (κ1) is 19.8. The first-order valence-corrected chi connectivity index (χ1v) is 10.2. The van der Waals surface area contributed by atoms with E-state index in [0.717, 1.165) is 30.2 Å². The summed E-state index contributed by atoms with van der Waals surface area (Å²) >= 11 is 0. The van der Waals surface area contributed by atoms with Crippen molar-refractivity contribution in [2.75, 3.05) is 39.3 Å².